The highest BCUT2D eigenvalue weighted by Crippen LogP contribution is 2.24. The molecule has 0 atom stereocenters. The number of hydrogen-bond donors (Lipinski definition) is 2. The Balaban J connectivity index is 1.44. The molecule has 1 amide bonds. The van der Waals surface area contributed by atoms with E-state index in [0.717, 1.165) is 22.6 Å². The topological polar surface area (TPSA) is 66.9 Å². The molecule has 0 radical (unpaired) electrons. The number of aryl methyl sites for hydroxylation is 1. The van der Waals surface area contributed by atoms with Crippen molar-refractivity contribution in [3.63, 3.8) is 0 Å². The third-order valence-electron chi connectivity index (χ3n) is 5.62. The molecule has 1 aromatic heterocycles. The molecule has 0 bridgehead atoms. The smallest absolute Gasteiger partial charge is 0.251 e. The Morgan fingerprint density at radius 3 is 2.60 bits per heavy atom. The van der Waals surface area contributed by atoms with E-state index in [0.29, 0.717) is 18.2 Å². The molecule has 2 N–H and O–H groups in total. The van der Waals surface area contributed by atoms with Gasteiger partial charge in [0.1, 0.15) is 12.1 Å². The number of amides is 1. The highest BCUT2D eigenvalue weighted by atomic mass is 16.1. The zero-order valence-corrected chi connectivity index (χ0v) is 17.4. The predicted octanol–water partition coefficient (Wildman–Crippen LogP) is 5.13. The second-order valence-electron chi connectivity index (χ2n) is 8.02. The van der Waals surface area contributed by atoms with E-state index in [9.17, 15) is 4.79 Å². The normalized spacial score (nSPS) is 14.3. The molecule has 1 saturated carbocycles. The summed E-state index contributed by atoms with van der Waals surface area (Å²) in [4.78, 5) is 21.4. The Morgan fingerprint density at radius 2 is 1.80 bits per heavy atom. The van der Waals surface area contributed by atoms with Crippen LogP contribution in [0.25, 0.3) is 11.3 Å². The van der Waals surface area contributed by atoms with E-state index >= 15 is 0 Å². The zero-order valence-electron chi connectivity index (χ0n) is 17.4. The summed E-state index contributed by atoms with van der Waals surface area (Å²) in [5.41, 5.74) is 4.64. The number of carbonyl (C=O) groups is 1. The van der Waals surface area contributed by atoms with Gasteiger partial charge in [-0.3, -0.25) is 4.79 Å². The van der Waals surface area contributed by atoms with Crippen LogP contribution in [0.3, 0.4) is 0 Å². The van der Waals surface area contributed by atoms with Gasteiger partial charge in [0.05, 0.1) is 5.69 Å². The van der Waals surface area contributed by atoms with Crippen LogP contribution < -0.4 is 10.6 Å². The van der Waals surface area contributed by atoms with E-state index in [1.54, 1.807) is 6.33 Å². The summed E-state index contributed by atoms with van der Waals surface area (Å²) in [5.74, 6) is 0.758. The van der Waals surface area contributed by atoms with E-state index in [2.05, 4.69) is 39.7 Å². The third-order valence-corrected chi connectivity index (χ3v) is 5.62. The first-order valence-electron chi connectivity index (χ1n) is 10.7. The number of carbonyl (C=O) groups excluding carboxylic acids is 1. The minimum atomic E-state index is -0.0907. The molecule has 0 spiro atoms. The first-order valence-corrected chi connectivity index (χ1v) is 10.7. The first-order chi connectivity index (χ1) is 14.7. The van der Waals surface area contributed by atoms with Crippen molar-refractivity contribution in [3.8, 4) is 11.3 Å². The van der Waals surface area contributed by atoms with Gasteiger partial charge < -0.3 is 10.6 Å². The summed E-state index contributed by atoms with van der Waals surface area (Å²) in [7, 11) is 0. The second-order valence-corrected chi connectivity index (χ2v) is 8.02. The van der Waals surface area contributed by atoms with Crippen molar-refractivity contribution in [3.05, 3.63) is 77.6 Å². The summed E-state index contributed by atoms with van der Waals surface area (Å²) in [6, 6.07) is 18.2. The van der Waals surface area contributed by atoms with Crippen LogP contribution in [-0.4, -0.2) is 21.9 Å². The Kier molecular flexibility index (Phi) is 6.38. The lowest BCUT2D eigenvalue weighted by Gasteiger charge is -2.23. The summed E-state index contributed by atoms with van der Waals surface area (Å²) in [6.07, 6.45) is 7.84. The van der Waals surface area contributed by atoms with Gasteiger partial charge in [0, 0.05) is 29.8 Å². The maximum absolute atomic E-state index is 12.6. The quantitative estimate of drug-likeness (QED) is 0.602. The molecule has 0 aliphatic heterocycles. The minimum absolute atomic E-state index is 0.0907. The third kappa shape index (κ3) is 5.23. The van der Waals surface area contributed by atoms with Gasteiger partial charge in [0.2, 0.25) is 0 Å². The number of benzene rings is 2. The standard InChI is InChI=1S/C25H28N4O/c1-18-10-12-19(13-11-18)16-26-25(30)21-7-5-6-20(14-21)23-15-24(28-17-27-23)29-22-8-3-2-4-9-22/h5-7,10-15,17,22H,2-4,8-9,16H2,1H3,(H,26,30)(H,27,28,29). The van der Waals surface area contributed by atoms with Crippen molar-refractivity contribution in [2.45, 2.75) is 51.6 Å². The van der Waals surface area contributed by atoms with Gasteiger partial charge in [-0.2, -0.15) is 0 Å². The van der Waals surface area contributed by atoms with Crippen molar-refractivity contribution in [2.24, 2.45) is 0 Å². The van der Waals surface area contributed by atoms with Crippen LogP contribution in [-0.2, 0) is 6.54 Å². The molecule has 4 rings (SSSR count). The van der Waals surface area contributed by atoms with Crippen LogP contribution in [0.15, 0.2) is 60.9 Å². The van der Waals surface area contributed by atoms with Gasteiger partial charge in [0.25, 0.3) is 5.91 Å². The molecule has 1 aliphatic carbocycles. The van der Waals surface area contributed by atoms with Crippen molar-refractivity contribution >= 4 is 11.7 Å². The van der Waals surface area contributed by atoms with Crippen LogP contribution in [0.2, 0.25) is 0 Å². The molecule has 2 aromatic carbocycles. The maximum Gasteiger partial charge on any atom is 0.251 e. The second kappa shape index (κ2) is 9.53. The van der Waals surface area contributed by atoms with E-state index in [-0.39, 0.29) is 5.91 Å². The van der Waals surface area contributed by atoms with Crippen molar-refractivity contribution in [1.29, 1.82) is 0 Å². The number of anilines is 1. The fourth-order valence-electron chi connectivity index (χ4n) is 3.86. The minimum Gasteiger partial charge on any atom is -0.367 e. The van der Waals surface area contributed by atoms with Gasteiger partial charge in [0.15, 0.2) is 0 Å². The monoisotopic (exact) mass is 400 g/mol. The average molecular weight is 401 g/mol. The molecular formula is C25H28N4O. The summed E-state index contributed by atoms with van der Waals surface area (Å²) in [6.45, 7) is 2.56. The molecular weight excluding hydrogens is 372 g/mol. The molecule has 154 valence electrons. The van der Waals surface area contributed by atoms with Gasteiger partial charge >= 0.3 is 0 Å². The average Bonchev–Trinajstić information content (AvgIpc) is 2.79. The Hall–Kier alpha value is -3.21. The Morgan fingerprint density at radius 1 is 1.00 bits per heavy atom. The van der Waals surface area contributed by atoms with Gasteiger partial charge in [-0.05, 0) is 37.5 Å². The van der Waals surface area contributed by atoms with E-state index in [1.807, 2.05) is 42.5 Å². The fourth-order valence-corrected chi connectivity index (χ4v) is 3.86. The molecule has 1 heterocycles. The number of aromatic nitrogens is 2. The summed E-state index contributed by atoms with van der Waals surface area (Å²) >= 11 is 0. The van der Waals surface area contributed by atoms with E-state index < -0.39 is 0 Å². The van der Waals surface area contributed by atoms with Crippen LogP contribution in [0.5, 0.6) is 0 Å². The predicted molar refractivity (Wildman–Crippen MR) is 120 cm³/mol. The molecule has 1 fully saturated rings. The lowest BCUT2D eigenvalue weighted by Crippen LogP contribution is -2.23. The fraction of sp³-hybridized carbons (Fsp3) is 0.320. The van der Waals surface area contributed by atoms with E-state index in [4.69, 9.17) is 0 Å². The van der Waals surface area contributed by atoms with Gasteiger partial charge in [-0.25, -0.2) is 9.97 Å². The van der Waals surface area contributed by atoms with Gasteiger partial charge in [-0.1, -0.05) is 61.2 Å². The number of rotatable bonds is 6. The highest BCUT2D eigenvalue weighted by molar-refractivity contribution is 5.95. The lowest BCUT2D eigenvalue weighted by molar-refractivity contribution is 0.0951. The van der Waals surface area contributed by atoms with Crippen LogP contribution in [0.4, 0.5) is 5.82 Å². The molecule has 5 nitrogen and oxygen atoms in total. The van der Waals surface area contributed by atoms with Gasteiger partial charge in [-0.15, -0.1) is 0 Å². The summed E-state index contributed by atoms with van der Waals surface area (Å²) < 4.78 is 0. The molecule has 30 heavy (non-hydrogen) atoms. The van der Waals surface area contributed by atoms with Crippen LogP contribution in [0.1, 0.15) is 53.6 Å². The Labute approximate surface area is 178 Å². The number of hydrogen-bond acceptors (Lipinski definition) is 4. The van der Waals surface area contributed by atoms with Crippen LogP contribution >= 0.6 is 0 Å². The zero-order chi connectivity index (χ0) is 20.8. The molecule has 0 unspecified atom stereocenters. The SMILES string of the molecule is Cc1ccc(CNC(=O)c2cccc(-c3cc(NC4CCCCC4)ncn3)c2)cc1. The van der Waals surface area contributed by atoms with Crippen molar-refractivity contribution < 1.29 is 4.79 Å². The largest absolute Gasteiger partial charge is 0.367 e. The summed E-state index contributed by atoms with van der Waals surface area (Å²) in [5, 5.41) is 6.54. The number of nitrogens with zero attached hydrogens (tertiary/aromatic N) is 2. The molecule has 1 aliphatic rings. The molecule has 0 saturated heterocycles. The maximum atomic E-state index is 12.6. The van der Waals surface area contributed by atoms with Crippen molar-refractivity contribution in [1.82, 2.24) is 15.3 Å². The molecule has 5 heteroatoms. The Bertz CT molecular complexity index is 994. The van der Waals surface area contributed by atoms with E-state index in [1.165, 1.54) is 37.7 Å². The van der Waals surface area contributed by atoms with Crippen LogP contribution in [0, 0.1) is 6.92 Å². The lowest BCUT2D eigenvalue weighted by atomic mass is 9.95. The number of nitrogens with one attached hydrogen (secondary N) is 2. The van der Waals surface area contributed by atoms with Crippen molar-refractivity contribution in [2.75, 3.05) is 5.32 Å². The highest BCUT2D eigenvalue weighted by Gasteiger charge is 2.14. The molecule has 3 aromatic rings. The first kappa shape index (κ1) is 20.1.